The van der Waals surface area contributed by atoms with Crippen LogP contribution in [0.1, 0.15) is 29.4 Å². The molecular formula is C23H24N2O4. The normalized spacial score (nSPS) is 21.8. The molecule has 1 aliphatic heterocycles. The van der Waals surface area contributed by atoms with E-state index in [0.717, 1.165) is 11.1 Å². The van der Waals surface area contributed by atoms with E-state index in [1.165, 1.54) is 0 Å². The molecule has 0 unspecified atom stereocenters. The Bertz CT molecular complexity index is 980. The van der Waals surface area contributed by atoms with Gasteiger partial charge >= 0.3 is 0 Å². The van der Waals surface area contributed by atoms with Crippen LogP contribution in [-0.4, -0.2) is 45.9 Å². The van der Waals surface area contributed by atoms with Crippen LogP contribution >= 0.6 is 0 Å². The van der Waals surface area contributed by atoms with E-state index in [1.54, 1.807) is 17.9 Å². The predicted molar refractivity (Wildman–Crippen MR) is 109 cm³/mol. The first kappa shape index (κ1) is 19.2. The maximum atomic E-state index is 12.9. The van der Waals surface area contributed by atoms with Crippen LogP contribution < -0.4 is 4.74 Å². The van der Waals surface area contributed by atoms with Gasteiger partial charge in [-0.05, 0) is 26.0 Å². The fourth-order valence-corrected chi connectivity index (χ4v) is 3.57. The summed E-state index contributed by atoms with van der Waals surface area (Å²) >= 11 is 0. The minimum Gasteiger partial charge on any atom is -0.487 e. The van der Waals surface area contributed by atoms with Gasteiger partial charge in [0.05, 0.1) is 6.54 Å². The highest BCUT2D eigenvalue weighted by Crippen LogP contribution is 2.28. The maximum absolute atomic E-state index is 12.9. The van der Waals surface area contributed by atoms with Crippen LogP contribution in [0.4, 0.5) is 0 Å². The van der Waals surface area contributed by atoms with Gasteiger partial charge in [0, 0.05) is 24.6 Å². The summed E-state index contributed by atoms with van der Waals surface area (Å²) in [6.07, 6.45) is 0.130. The summed E-state index contributed by atoms with van der Waals surface area (Å²) in [6.45, 7) is 4.34. The molecule has 6 nitrogen and oxygen atoms in total. The molecule has 1 aromatic heterocycles. The third kappa shape index (κ3) is 4.17. The van der Waals surface area contributed by atoms with Crippen molar-refractivity contribution in [2.75, 3.05) is 13.1 Å². The number of ether oxygens (including phenoxy) is 1. The Morgan fingerprint density at radius 1 is 1.21 bits per heavy atom. The molecule has 0 spiro atoms. The standard InChI is InChI=1S/C23H24N2O4/c1-16-8-10-17(11-9-16)20-14-19(24-29-20)22(26)25-13-12-21(23(2,27)15-25)28-18-6-4-3-5-7-18/h3-11,14,21,27H,12-13,15H2,1-2H3/t21-,23-/m0/s1. The number of amides is 1. The average molecular weight is 392 g/mol. The first-order valence-corrected chi connectivity index (χ1v) is 9.69. The van der Waals surface area contributed by atoms with Gasteiger partial charge in [-0.2, -0.15) is 0 Å². The van der Waals surface area contributed by atoms with Crippen LogP contribution in [0.25, 0.3) is 11.3 Å². The summed E-state index contributed by atoms with van der Waals surface area (Å²) in [5.74, 6) is 0.991. The molecule has 2 heterocycles. The Morgan fingerprint density at radius 3 is 2.62 bits per heavy atom. The number of benzene rings is 2. The number of β-amino-alcohol motifs (C(OH)–C–C–N with tert-alkyl or cyclic N) is 1. The van der Waals surface area contributed by atoms with E-state index in [4.69, 9.17) is 9.26 Å². The molecular weight excluding hydrogens is 368 g/mol. The molecule has 0 bridgehead atoms. The number of nitrogens with zero attached hydrogens (tertiary/aromatic N) is 2. The molecule has 3 aromatic rings. The quantitative estimate of drug-likeness (QED) is 0.733. The fraction of sp³-hybridized carbons (Fsp3) is 0.304. The van der Waals surface area contributed by atoms with Gasteiger partial charge in [-0.1, -0.05) is 53.2 Å². The predicted octanol–water partition coefficient (Wildman–Crippen LogP) is 3.69. The SMILES string of the molecule is Cc1ccc(-c2cc(C(=O)N3CC[C@H](Oc4ccccc4)[C@@](C)(O)C3)no2)cc1. The second-order valence-corrected chi connectivity index (χ2v) is 7.73. The van der Waals surface area contributed by atoms with Crippen LogP contribution in [0, 0.1) is 6.92 Å². The summed E-state index contributed by atoms with van der Waals surface area (Å²) in [6, 6.07) is 18.9. The second-order valence-electron chi connectivity index (χ2n) is 7.73. The molecule has 2 aromatic carbocycles. The van der Waals surface area contributed by atoms with Crippen LogP contribution in [0.2, 0.25) is 0 Å². The highest BCUT2D eigenvalue weighted by atomic mass is 16.5. The summed E-state index contributed by atoms with van der Waals surface area (Å²) in [4.78, 5) is 14.5. The molecule has 1 N–H and O–H groups in total. The molecule has 1 amide bonds. The molecule has 6 heteroatoms. The van der Waals surface area contributed by atoms with E-state index >= 15 is 0 Å². The number of hydrogen-bond acceptors (Lipinski definition) is 5. The molecule has 1 fully saturated rings. The Hall–Kier alpha value is -3.12. The molecule has 150 valence electrons. The molecule has 4 rings (SSSR count). The summed E-state index contributed by atoms with van der Waals surface area (Å²) < 4.78 is 11.3. The molecule has 1 aliphatic rings. The van der Waals surface area contributed by atoms with Crippen molar-refractivity contribution in [3.63, 3.8) is 0 Å². The van der Waals surface area contributed by atoms with Crippen LogP contribution in [-0.2, 0) is 0 Å². The lowest BCUT2D eigenvalue weighted by atomic mass is 9.91. The van der Waals surface area contributed by atoms with Crippen molar-refractivity contribution in [2.24, 2.45) is 0 Å². The number of aryl methyl sites for hydroxylation is 1. The second kappa shape index (κ2) is 7.72. The minimum atomic E-state index is -1.17. The first-order chi connectivity index (χ1) is 13.9. The molecule has 1 saturated heterocycles. The van der Waals surface area contributed by atoms with Gasteiger partial charge in [-0.25, -0.2) is 0 Å². The first-order valence-electron chi connectivity index (χ1n) is 9.69. The van der Waals surface area contributed by atoms with E-state index < -0.39 is 11.7 Å². The van der Waals surface area contributed by atoms with Gasteiger partial charge in [-0.15, -0.1) is 0 Å². The molecule has 29 heavy (non-hydrogen) atoms. The monoisotopic (exact) mass is 392 g/mol. The average Bonchev–Trinajstić information content (AvgIpc) is 3.20. The Labute approximate surface area is 169 Å². The number of hydrogen-bond donors (Lipinski definition) is 1. The van der Waals surface area contributed by atoms with Gasteiger partial charge in [-0.3, -0.25) is 4.79 Å². The zero-order valence-electron chi connectivity index (χ0n) is 16.5. The van der Waals surface area contributed by atoms with Crippen LogP contribution in [0.15, 0.2) is 65.2 Å². The molecule has 0 radical (unpaired) electrons. The van der Waals surface area contributed by atoms with E-state index in [9.17, 15) is 9.90 Å². The van der Waals surface area contributed by atoms with Crippen molar-refractivity contribution in [3.8, 4) is 17.1 Å². The third-order valence-electron chi connectivity index (χ3n) is 5.24. The summed E-state index contributed by atoms with van der Waals surface area (Å²) in [5.41, 5.74) is 1.07. The van der Waals surface area contributed by atoms with Crippen molar-refractivity contribution in [1.82, 2.24) is 10.1 Å². The zero-order valence-corrected chi connectivity index (χ0v) is 16.5. The number of likely N-dealkylation sites (tertiary alicyclic amines) is 1. The van der Waals surface area contributed by atoms with E-state index in [1.807, 2.05) is 61.5 Å². The van der Waals surface area contributed by atoms with E-state index in [0.29, 0.717) is 24.5 Å². The molecule has 2 atom stereocenters. The lowest BCUT2D eigenvalue weighted by Crippen LogP contribution is -2.58. The third-order valence-corrected chi connectivity index (χ3v) is 5.24. The van der Waals surface area contributed by atoms with Crippen molar-refractivity contribution >= 4 is 5.91 Å². The highest BCUT2D eigenvalue weighted by molar-refractivity contribution is 5.93. The zero-order chi connectivity index (χ0) is 20.4. The van der Waals surface area contributed by atoms with Crippen molar-refractivity contribution in [1.29, 1.82) is 0 Å². The number of para-hydroxylation sites is 1. The van der Waals surface area contributed by atoms with Gasteiger partial charge in [0.1, 0.15) is 17.5 Å². The number of aromatic nitrogens is 1. The van der Waals surface area contributed by atoms with E-state index in [-0.39, 0.29) is 18.1 Å². The number of carbonyl (C=O) groups is 1. The van der Waals surface area contributed by atoms with Crippen LogP contribution in [0.5, 0.6) is 5.75 Å². The smallest absolute Gasteiger partial charge is 0.276 e. The summed E-state index contributed by atoms with van der Waals surface area (Å²) in [5, 5.41) is 14.9. The van der Waals surface area contributed by atoms with Crippen LogP contribution in [0.3, 0.4) is 0 Å². The number of aliphatic hydroxyl groups is 1. The minimum absolute atomic E-state index is 0.163. The van der Waals surface area contributed by atoms with Crippen molar-refractivity contribution in [2.45, 2.75) is 32.0 Å². The van der Waals surface area contributed by atoms with Gasteiger partial charge in [0.2, 0.25) is 0 Å². The Balaban J connectivity index is 1.44. The molecule has 0 aliphatic carbocycles. The number of rotatable bonds is 4. The van der Waals surface area contributed by atoms with Crippen molar-refractivity contribution in [3.05, 3.63) is 71.9 Å². The molecule has 0 saturated carbocycles. The maximum Gasteiger partial charge on any atom is 0.276 e. The fourth-order valence-electron chi connectivity index (χ4n) is 3.57. The lowest BCUT2D eigenvalue weighted by molar-refractivity contribution is -0.0900. The van der Waals surface area contributed by atoms with Gasteiger partial charge < -0.3 is 19.3 Å². The Kier molecular flexibility index (Phi) is 5.11. The number of carbonyl (C=O) groups excluding carboxylic acids is 1. The van der Waals surface area contributed by atoms with Gasteiger partial charge in [0.15, 0.2) is 11.5 Å². The van der Waals surface area contributed by atoms with Gasteiger partial charge in [0.25, 0.3) is 5.91 Å². The number of piperidine rings is 1. The topological polar surface area (TPSA) is 75.8 Å². The van der Waals surface area contributed by atoms with Crippen molar-refractivity contribution < 1.29 is 19.2 Å². The Morgan fingerprint density at radius 2 is 1.93 bits per heavy atom. The van der Waals surface area contributed by atoms with E-state index in [2.05, 4.69) is 5.16 Å². The largest absolute Gasteiger partial charge is 0.487 e. The lowest BCUT2D eigenvalue weighted by Gasteiger charge is -2.42. The highest BCUT2D eigenvalue weighted by Gasteiger charge is 2.42. The summed E-state index contributed by atoms with van der Waals surface area (Å²) in [7, 11) is 0.